The van der Waals surface area contributed by atoms with Crippen molar-refractivity contribution >= 4 is 27.4 Å². The van der Waals surface area contributed by atoms with Gasteiger partial charge in [-0.15, -0.1) is 0 Å². The molecule has 3 aromatic rings. The van der Waals surface area contributed by atoms with Gasteiger partial charge in [0.1, 0.15) is 11.6 Å². The minimum atomic E-state index is -3.69. The predicted octanol–water partition coefficient (Wildman–Crippen LogP) is 4.67. The third-order valence-corrected chi connectivity index (χ3v) is 8.16. The Bertz CT molecular complexity index is 1300. The molecule has 1 fully saturated rings. The Kier molecular flexibility index (Phi) is 7.42. The summed E-state index contributed by atoms with van der Waals surface area (Å²) in [7, 11) is -3.69. The smallest absolute Gasteiger partial charge is 0.255 e. The largest absolute Gasteiger partial charge is 0.355 e. The van der Waals surface area contributed by atoms with Gasteiger partial charge in [-0.05, 0) is 65.9 Å². The fourth-order valence-corrected chi connectivity index (χ4v) is 5.56. The number of carbonyl (C=O) groups is 1. The summed E-state index contributed by atoms with van der Waals surface area (Å²) in [6.07, 6.45) is 2.24. The summed E-state index contributed by atoms with van der Waals surface area (Å²) in [6, 6.07) is 16.1. The first-order valence-corrected chi connectivity index (χ1v) is 13.4. The molecule has 1 aliphatic rings. The number of amides is 1. The van der Waals surface area contributed by atoms with Crippen LogP contribution in [0.3, 0.4) is 0 Å². The van der Waals surface area contributed by atoms with E-state index in [0.29, 0.717) is 49.7 Å². The molecule has 0 bridgehead atoms. The zero-order valence-electron chi connectivity index (χ0n) is 20.7. The number of sulfonamides is 1. The molecule has 0 saturated carbocycles. The van der Waals surface area contributed by atoms with E-state index >= 15 is 0 Å². The molecule has 4 rings (SSSR count). The van der Waals surface area contributed by atoms with Gasteiger partial charge < -0.3 is 10.2 Å². The van der Waals surface area contributed by atoms with Gasteiger partial charge in [0.25, 0.3) is 5.91 Å². The third-order valence-electron chi connectivity index (χ3n) is 6.25. The normalized spacial score (nSPS) is 15.4. The third kappa shape index (κ3) is 5.91. The first-order chi connectivity index (χ1) is 17.0. The van der Waals surface area contributed by atoms with Crippen molar-refractivity contribution in [3.8, 4) is 0 Å². The Hall–Kier alpha value is -3.30. The second kappa shape index (κ2) is 10.4. The van der Waals surface area contributed by atoms with Crippen LogP contribution < -0.4 is 10.2 Å². The summed E-state index contributed by atoms with van der Waals surface area (Å²) < 4.78 is 40.6. The summed E-state index contributed by atoms with van der Waals surface area (Å²) in [5, 5.41) is 2.87. The standard InChI is InChI=1S/C27H31FN4O3S/c1-27(2,3)21-7-5-20(6-8-21)26(33)30-23-11-14-25(29-19-23)31-15-4-16-32(18-17-31)36(34,35)24-12-9-22(28)10-13-24/h5-14,19H,4,15-18H2,1-3H3,(H,30,33). The average Bonchev–Trinajstić information content (AvgIpc) is 3.11. The Labute approximate surface area is 212 Å². The second-order valence-corrected chi connectivity index (χ2v) is 11.8. The van der Waals surface area contributed by atoms with E-state index in [-0.39, 0.29) is 16.2 Å². The SMILES string of the molecule is CC(C)(C)c1ccc(C(=O)Nc2ccc(N3CCCN(S(=O)(=O)c4ccc(F)cc4)CC3)nc2)cc1. The van der Waals surface area contributed by atoms with Crippen molar-refractivity contribution in [1.82, 2.24) is 9.29 Å². The van der Waals surface area contributed by atoms with Crippen molar-refractivity contribution in [2.75, 3.05) is 36.4 Å². The molecule has 1 amide bonds. The van der Waals surface area contributed by atoms with E-state index in [9.17, 15) is 17.6 Å². The summed E-state index contributed by atoms with van der Waals surface area (Å²) in [5.41, 5.74) is 2.33. The van der Waals surface area contributed by atoms with Gasteiger partial charge in [-0.3, -0.25) is 4.79 Å². The number of rotatable bonds is 5. The molecule has 36 heavy (non-hydrogen) atoms. The zero-order valence-corrected chi connectivity index (χ0v) is 21.6. The molecular weight excluding hydrogens is 479 g/mol. The van der Waals surface area contributed by atoms with Crippen molar-refractivity contribution in [2.24, 2.45) is 0 Å². The van der Waals surface area contributed by atoms with Crippen molar-refractivity contribution in [3.63, 3.8) is 0 Å². The van der Waals surface area contributed by atoms with E-state index in [0.717, 1.165) is 17.7 Å². The topological polar surface area (TPSA) is 82.6 Å². The van der Waals surface area contributed by atoms with Crippen LogP contribution in [-0.4, -0.2) is 49.8 Å². The van der Waals surface area contributed by atoms with E-state index in [1.807, 2.05) is 35.2 Å². The zero-order chi connectivity index (χ0) is 25.9. The van der Waals surface area contributed by atoms with Gasteiger partial charge >= 0.3 is 0 Å². The van der Waals surface area contributed by atoms with Crippen LogP contribution in [0.2, 0.25) is 0 Å². The number of anilines is 2. The maximum Gasteiger partial charge on any atom is 0.255 e. The minimum absolute atomic E-state index is 0.0181. The molecule has 2 heterocycles. The van der Waals surface area contributed by atoms with Gasteiger partial charge in [-0.1, -0.05) is 32.9 Å². The van der Waals surface area contributed by atoms with Gasteiger partial charge in [-0.25, -0.2) is 17.8 Å². The maximum absolute atomic E-state index is 13.2. The van der Waals surface area contributed by atoms with Gasteiger partial charge in [0.05, 0.1) is 16.8 Å². The lowest BCUT2D eigenvalue weighted by atomic mass is 9.87. The number of benzene rings is 2. The molecule has 0 atom stereocenters. The molecule has 1 aromatic heterocycles. The quantitative estimate of drug-likeness (QED) is 0.539. The number of nitrogens with one attached hydrogen (secondary N) is 1. The highest BCUT2D eigenvalue weighted by Gasteiger charge is 2.27. The second-order valence-electron chi connectivity index (χ2n) is 9.89. The van der Waals surface area contributed by atoms with E-state index in [1.165, 1.54) is 16.4 Å². The Morgan fingerprint density at radius 1 is 0.917 bits per heavy atom. The fourth-order valence-electron chi connectivity index (χ4n) is 4.09. The van der Waals surface area contributed by atoms with E-state index in [4.69, 9.17) is 0 Å². The molecule has 1 N–H and O–H groups in total. The van der Waals surface area contributed by atoms with Crippen molar-refractivity contribution in [1.29, 1.82) is 0 Å². The lowest BCUT2D eigenvalue weighted by Gasteiger charge is -2.23. The lowest BCUT2D eigenvalue weighted by Crippen LogP contribution is -2.35. The van der Waals surface area contributed by atoms with Crippen LogP contribution in [0.25, 0.3) is 0 Å². The number of halogens is 1. The highest BCUT2D eigenvalue weighted by molar-refractivity contribution is 7.89. The van der Waals surface area contributed by atoms with E-state index < -0.39 is 15.8 Å². The Morgan fingerprint density at radius 3 is 2.22 bits per heavy atom. The van der Waals surface area contributed by atoms with Crippen LogP contribution in [0, 0.1) is 5.82 Å². The molecule has 2 aromatic carbocycles. The average molecular weight is 511 g/mol. The molecule has 0 radical (unpaired) electrons. The van der Waals surface area contributed by atoms with Gasteiger partial charge in [-0.2, -0.15) is 4.31 Å². The van der Waals surface area contributed by atoms with Crippen LogP contribution in [0.15, 0.2) is 71.8 Å². The maximum atomic E-state index is 13.2. The van der Waals surface area contributed by atoms with E-state index in [1.54, 1.807) is 12.3 Å². The molecule has 0 unspecified atom stereocenters. The first-order valence-electron chi connectivity index (χ1n) is 11.9. The van der Waals surface area contributed by atoms with Crippen molar-refractivity contribution in [2.45, 2.75) is 37.5 Å². The molecule has 9 heteroatoms. The summed E-state index contributed by atoms with van der Waals surface area (Å²) in [5.74, 6) is 0.0325. The molecule has 190 valence electrons. The van der Waals surface area contributed by atoms with E-state index in [2.05, 4.69) is 31.1 Å². The van der Waals surface area contributed by atoms with Crippen LogP contribution in [0.1, 0.15) is 43.1 Å². The monoisotopic (exact) mass is 510 g/mol. The van der Waals surface area contributed by atoms with Crippen LogP contribution in [-0.2, 0) is 15.4 Å². The van der Waals surface area contributed by atoms with Crippen molar-refractivity contribution in [3.05, 3.63) is 83.8 Å². The molecule has 1 saturated heterocycles. The molecule has 7 nitrogen and oxygen atoms in total. The minimum Gasteiger partial charge on any atom is -0.355 e. The summed E-state index contributed by atoms with van der Waals surface area (Å²) in [6.45, 7) is 8.17. The van der Waals surface area contributed by atoms with Gasteiger partial charge in [0.2, 0.25) is 10.0 Å². The van der Waals surface area contributed by atoms with Crippen LogP contribution in [0.4, 0.5) is 15.9 Å². The number of carbonyl (C=O) groups excluding carboxylic acids is 1. The summed E-state index contributed by atoms with van der Waals surface area (Å²) in [4.78, 5) is 19.2. The van der Waals surface area contributed by atoms with Gasteiger partial charge in [0, 0.05) is 31.7 Å². The number of aromatic nitrogens is 1. The number of hydrogen-bond acceptors (Lipinski definition) is 5. The molecule has 0 aliphatic carbocycles. The molecular formula is C27H31FN4O3S. The highest BCUT2D eigenvalue weighted by Crippen LogP contribution is 2.23. The van der Waals surface area contributed by atoms with Crippen LogP contribution in [0.5, 0.6) is 0 Å². The Morgan fingerprint density at radius 2 is 1.61 bits per heavy atom. The predicted molar refractivity (Wildman–Crippen MR) is 139 cm³/mol. The highest BCUT2D eigenvalue weighted by atomic mass is 32.2. The number of pyridine rings is 1. The fraction of sp³-hybridized carbons (Fsp3) is 0.333. The number of hydrogen-bond donors (Lipinski definition) is 1. The Balaban J connectivity index is 1.38. The molecule has 1 aliphatic heterocycles. The molecule has 0 spiro atoms. The van der Waals surface area contributed by atoms with Crippen LogP contribution >= 0.6 is 0 Å². The summed E-state index contributed by atoms with van der Waals surface area (Å²) >= 11 is 0. The van der Waals surface area contributed by atoms with Gasteiger partial charge in [0.15, 0.2) is 0 Å². The first kappa shape index (κ1) is 25.8. The van der Waals surface area contributed by atoms with Crippen molar-refractivity contribution < 1.29 is 17.6 Å². The number of nitrogens with zero attached hydrogens (tertiary/aromatic N) is 3. The lowest BCUT2D eigenvalue weighted by molar-refractivity contribution is 0.102.